The molecule has 10 aromatic rings. The summed E-state index contributed by atoms with van der Waals surface area (Å²) in [6.45, 7) is 0. The number of hydrogen-bond donors (Lipinski definition) is 0. The van der Waals surface area contributed by atoms with E-state index in [4.69, 9.17) is 14.4 Å². The molecule has 0 aliphatic heterocycles. The second-order valence-corrected chi connectivity index (χ2v) is 12.2. The Bertz CT molecular complexity index is 2820. The third-order valence-electron chi connectivity index (χ3n) is 9.74. The van der Waals surface area contributed by atoms with Crippen LogP contribution in [0.4, 0.5) is 0 Å². The summed E-state index contributed by atoms with van der Waals surface area (Å²) in [6, 6.07) is 49.6. The van der Waals surface area contributed by atoms with Crippen molar-refractivity contribution < 1.29 is 4.42 Å². The quantitative estimate of drug-likeness (QED) is 0.203. The number of benzene rings is 7. The fraction of sp³-hybridized carbons (Fsp3) is 0. The van der Waals surface area contributed by atoms with Gasteiger partial charge in [0, 0.05) is 21.7 Å². The monoisotopic (exact) mass is 585 g/mol. The van der Waals surface area contributed by atoms with Gasteiger partial charge in [0.25, 0.3) is 0 Å². The highest BCUT2D eigenvalue weighted by atomic mass is 16.3. The Kier molecular flexibility index (Phi) is 4.55. The molecule has 4 heteroatoms. The van der Waals surface area contributed by atoms with Gasteiger partial charge in [-0.15, -0.1) is 0 Å². The lowest BCUT2D eigenvalue weighted by Crippen LogP contribution is -2.03. The predicted octanol–water partition coefficient (Wildman–Crippen LogP) is 11.1. The second-order valence-electron chi connectivity index (χ2n) is 12.2. The normalized spacial score (nSPS) is 12.3. The number of rotatable bonds is 2. The van der Waals surface area contributed by atoms with Crippen molar-refractivity contribution in [2.75, 3.05) is 0 Å². The standard InChI is InChI=1S/C42H23N3O/c1-2-10-25(11-3-1)40-39-32-22-26-12-4-5-13-27(26)23-35(32)46-41(39)44-42(43-40)45-33-20-8-18-30-28-16-6-14-24-15-7-17-29(36(24)28)31-19-9-21-34(45)38(31)37(30)33/h1-23H. The van der Waals surface area contributed by atoms with E-state index in [2.05, 4.69) is 138 Å². The van der Waals surface area contributed by atoms with Crippen LogP contribution in [0.25, 0.3) is 105 Å². The van der Waals surface area contributed by atoms with Crippen molar-refractivity contribution in [1.29, 1.82) is 0 Å². The van der Waals surface area contributed by atoms with E-state index in [1.807, 2.05) is 6.07 Å². The van der Waals surface area contributed by atoms with E-state index in [-0.39, 0.29) is 0 Å². The summed E-state index contributed by atoms with van der Waals surface area (Å²) in [7, 11) is 0. The first kappa shape index (κ1) is 24.1. The molecule has 3 heterocycles. The highest BCUT2D eigenvalue weighted by molar-refractivity contribution is 6.27. The molecular weight excluding hydrogens is 562 g/mol. The maximum atomic E-state index is 6.59. The highest BCUT2D eigenvalue weighted by Gasteiger charge is 2.26. The van der Waals surface area contributed by atoms with E-state index < -0.39 is 0 Å². The molecule has 1 aliphatic rings. The maximum absolute atomic E-state index is 6.59. The highest BCUT2D eigenvalue weighted by Crippen LogP contribution is 2.49. The molecule has 0 fully saturated rings. The van der Waals surface area contributed by atoms with Crippen LogP contribution in [0.3, 0.4) is 0 Å². The molecule has 3 aromatic heterocycles. The number of hydrogen-bond acceptors (Lipinski definition) is 3. The van der Waals surface area contributed by atoms with Gasteiger partial charge < -0.3 is 4.42 Å². The van der Waals surface area contributed by atoms with Gasteiger partial charge in [-0.05, 0) is 68.1 Å². The van der Waals surface area contributed by atoms with Gasteiger partial charge in [-0.1, -0.05) is 115 Å². The van der Waals surface area contributed by atoms with Gasteiger partial charge in [0.15, 0.2) is 0 Å². The molecule has 0 saturated carbocycles. The van der Waals surface area contributed by atoms with Gasteiger partial charge in [0.05, 0.1) is 22.1 Å². The van der Waals surface area contributed by atoms with Crippen LogP contribution in [0.1, 0.15) is 0 Å². The summed E-state index contributed by atoms with van der Waals surface area (Å²) in [6.07, 6.45) is 0. The summed E-state index contributed by atoms with van der Waals surface area (Å²) >= 11 is 0. The topological polar surface area (TPSA) is 43.9 Å². The molecule has 0 spiro atoms. The fourth-order valence-electron chi connectivity index (χ4n) is 7.82. The lowest BCUT2D eigenvalue weighted by Gasteiger charge is -2.13. The summed E-state index contributed by atoms with van der Waals surface area (Å²) in [4.78, 5) is 10.6. The molecule has 4 nitrogen and oxygen atoms in total. The van der Waals surface area contributed by atoms with Crippen LogP contribution in [0.15, 0.2) is 144 Å². The van der Waals surface area contributed by atoms with E-state index in [9.17, 15) is 0 Å². The second kappa shape index (κ2) is 8.68. The van der Waals surface area contributed by atoms with Crippen molar-refractivity contribution in [3.05, 3.63) is 140 Å². The van der Waals surface area contributed by atoms with Gasteiger partial charge in [-0.2, -0.15) is 4.98 Å². The zero-order chi connectivity index (χ0) is 29.9. The van der Waals surface area contributed by atoms with Gasteiger partial charge >= 0.3 is 0 Å². The lowest BCUT2D eigenvalue weighted by molar-refractivity contribution is 0.652. The molecule has 0 atom stereocenters. The first-order chi connectivity index (χ1) is 22.8. The van der Waals surface area contributed by atoms with Crippen LogP contribution in [0.2, 0.25) is 0 Å². The Hall–Kier alpha value is -6.26. The van der Waals surface area contributed by atoms with Crippen LogP contribution in [-0.2, 0) is 0 Å². The average molecular weight is 586 g/mol. The molecule has 1 aliphatic carbocycles. The Morgan fingerprint density at radius 3 is 1.70 bits per heavy atom. The minimum atomic E-state index is 0.582. The molecule has 0 radical (unpaired) electrons. The predicted molar refractivity (Wildman–Crippen MR) is 189 cm³/mol. The van der Waals surface area contributed by atoms with Crippen molar-refractivity contribution in [3.8, 4) is 39.5 Å². The number of fused-ring (bicyclic) bond motifs is 6. The van der Waals surface area contributed by atoms with Crippen molar-refractivity contribution in [2.24, 2.45) is 0 Å². The molecule has 0 unspecified atom stereocenters. The first-order valence-electron chi connectivity index (χ1n) is 15.6. The number of furan rings is 1. The summed E-state index contributed by atoms with van der Waals surface area (Å²) in [5.41, 5.74) is 10.4. The third-order valence-corrected chi connectivity index (χ3v) is 9.74. The molecular formula is C42H23N3O. The van der Waals surface area contributed by atoms with Gasteiger partial charge in [-0.3, -0.25) is 4.57 Å². The van der Waals surface area contributed by atoms with Gasteiger partial charge in [-0.25, -0.2) is 4.98 Å². The van der Waals surface area contributed by atoms with Crippen LogP contribution in [0, 0.1) is 0 Å². The SMILES string of the molecule is c1ccc(-c2nc(-n3c4cccc5c4c4c(cccc43)-c3cccc4cccc-5c34)nc3oc4cc5ccccc5cc4c23)cc1. The van der Waals surface area contributed by atoms with Crippen LogP contribution >= 0.6 is 0 Å². The minimum Gasteiger partial charge on any atom is -0.437 e. The zero-order valence-electron chi connectivity index (χ0n) is 24.5. The van der Waals surface area contributed by atoms with Crippen molar-refractivity contribution in [2.45, 2.75) is 0 Å². The van der Waals surface area contributed by atoms with E-state index in [0.29, 0.717) is 11.7 Å². The largest absolute Gasteiger partial charge is 0.437 e. The lowest BCUT2D eigenvalue weighted by atomic mass is 9.93. The van der Waals surface area contributed by atoms with Gasteiger partial charge in [0.1, 0.15) is 5.58 Å². The maximum Gasteiger partial charge on any atom is 0.238 e. The van der Waals surface area contributed by atoms with Crippen LogP contribution < -0.4 is 0 Å². The Morgan fingerprint density at radius 2 is 1.02 bits per heavy atom. The number of nitrogens with zero attached hydrogens (tertiary/aromatic N) is 3. The number of aromatic nitrogens is 3. The van der Waals surface area contributed by atoms with Crippen molar-refractivity contribution in [1.82, 2.24) is 14.5 Å². The third kappa shape index (κ3) is 3.07. The van der Waals surface area contributed by atoms with Crippen LogP contribution in [0.5, 0.6) is 0 Å². The van der Waals surface area contributed by atoms with E-state index in [1.165, 1.54) is 43.8 Å². The smallest absolute Gasteiger partial charge is 0.238 e. The molecule has 46 heavy (non-hydrogen) atoms. The van der Waals surface area contributed by atoms with Crippen molar-refractivity contribution in [3.63, 3.8) is 0 Å². The van der Waals surface area contributed by atoms with E-state index >= 15 is 0 Å². The fourth-order valence-corrected chi connectivity index (χ4v) is 7.82. The van der Waals surface area contributed by atoms with Gasteiger partial charge in [0.2, 0.25) is 11.7 Å². The molecule has 0 amide bonds. The Morgan fingerprint density at radius 1 is 0.457 bits per heavy atom. The zero-order valence-corrected chi connectivity index (χ0v) is 24.5. The average Bonchev–Trinajstić information content (AvgIpc) is 3.61. The minimum absolute atomic E-state index is 0.582. The summed E-state index contributed by atoms with van der Waals surface area (Å²) in [5, 5.41) is 9.23. The Labute approximate surface area is 262 Å². The van der Waals surface area contributed by atoms with E-state index in [1.54, 1.807) is 0 Å². The molecule has 0 bridgehead atoms. The molecule has 212 valence electrons. The molecule has 11 rings (SSSR count). The molecule has 0 N–H and O–H groups in total. The summed E-state index contributed by atoms with van der Waals surface area (Å²) < 4.78 is 8.81. The van der Waals surface area contributed by atoms with E-state index in [0.717, 1.165) is 49.4 Å². The van der Waals surface area contributed by atoms with Crippen LogP contribution in [-0.4, -0.2) is 14.5 Å². The first-order valence-corrected chi connectivity index (χ1v) is 15.6. The molecule has 0 saturated heterocycles. The molecule has 7 aromatic carbocycles. The van der Waals surface area contributed by atoms with Crippen molar-refractivity contribution >= 4 is 65.4 Å². The summed E-state index contributed by atoms with van der Waals surface area (Å²) in [5.74, 6) is 0.594. The Balaban J connectivity index is 1.30.